The lowest BCUT2D eigenvalue weighted by Crippen LogP contribution is -2.17. The first kappa shape index (κ1) is 22.7. The van der Waals surface area contributed by atoms with Gasteiger partial charge in [0, 0.05) is 7.05 Å². The number of benzene rings is 2. The Morgan fingerprint density at radius 1 is 1.10 bits per heavy atom. The minimum Gasteiger partial charge on any atom is -0.406 e. The number of hydrogen-bond acceptors (Lipinski definition) is 6. The van der Waals surface area contributed by atoms with Crippen LogP contribution >= 0.6 is 24.8 Å². The number of fused-ring (bicyclic) bond motifs is 1. The first-order valence-corrected chi connectivity index (χ1v) is 8.88. The van der Waals surface area contributed by atoms with Gasteiger partial charge in [-0.25, -0.2) is 4.98 Å². The van der Waals surface area contributed by atoms with E-state index in [4.69, 9.17) is 10.2 Å². The lowest BCUT2D eigenvalue weighted by atomic mass is 10.1. The van der Waals surface area contributed by atoms with Gasteiger partial charge in [-0.05, 0) is 36.6 Å². The molecule has 0 saturated heterocycles. The second-order valence-electron chi connectivity index (χ2n) is 6.78. The number of imidazole rings is 1. The van der Waals surface area contributed by atoms with E-state index in [0.717, 1.165) is 22.4 Å². The van der Waals surface area contributed by atoms with E-state index in [9.17, 15) is 0 Å². The maximum atomic E-state index is 6.22. The largest absolute Gasteiger partial charge is 0.406 e. The molecule has 4 rings (SSSR count). The zero-order valence-electron chi connectivity index (χ0n) is 16.2. The average molecular weight is 435 g/mol. The standard InChI is InChI=1S/C20H22N6O.2ClH/c1-13-8-9-16-17(10-13)23-18(22-16)12-26(2)20-25-24-19(27-20)15(21)11-14-6-4-3-5-7-14;;/h3-10,15H,11-12,21H2,1-2H3,(H,22,23);2*1H/t15-;;/m1../s1. The van der Waals surface area contributed by atoms with Gasteiger partial charge in [0.1, 0.15) is 5.82 Å². The second kappa shape index (κ2) is 9.73. The molecule has 0 fully saturated rings. The molecule has 2 aromatic heterocycles. The summed E-state index contributed by atoms with van der Waals surface area (Å²) in [5.74, 6) is 1.27. The second-order valence-corrected chi connectivity index (χ2v) is 6.78. The van der Waals surface area contributed by atoms with E-state index >= 15 is 0 Å². The van der Waals surface area contributed by atoms with Gasteiger partial charge in [-0.2, -0.15) is 0 Å². The Morgan fingerprint density at radius 3 is 2.62 bits per heavy atom. The highest BCUT2D eigenvalue weighted by Crippen LogP contribution is 2.20. The van der Waals surface area contributed by atoms with Crippen molar-refractivity contribution < 1.29 is 4.42 Å². The molecule has 4 aromatic rings. The summed E-state index contributed by atoms with van der Waals surface area (Å²) in [5, 5.41) is 8.25. The molecular weight excluding hydrogens is 411 g/mol. The van der Waals surface area contributed by atoms with Crippen molar-refractivity contribution in [3.05, 3.63) is 71.4 Å². The molecule has 0 amide bonds. The van der Waals surface area contributed by atoms with E-state index in [-0.39, 0.29) is 30.9 Å². The first-order valence-electron chi connectivity index (χ1n) is 8.88. The molecule has 9 heteroatoms. The molecule has 0 bridgehead atoms. The highest BCUT2D eigenvalue weighted by atomic mass is 35.5. The number of rotatable bonds is 6. The Labute approximate surface area is 181 Å². The number of halogens is 2. The van der Waals surface area contributed by atoms with Crippen LogP contribution in [0.4, 0.5) is 6.01 Å². The van der Waals surface area contributed by atoms with Crippen molar-refractivity contribution in [2.24, 2.45) is 5.73 Å². The summed E-state index contributed by atoms with van der Waals surface area (Å²) in [6, 6.07) is 16.3. The quantitative estimate of drug-likeness (QED) is 0.476. The van der Waals surface area contributed by atoms with Crippen LogP contribution in [0.25, 0.3) is 11.0 Å². The predicted molar refractivity (Wildman–Crippen MR) is 119 cm³/mol. The van der Waals surface area contributed by atoms with E-state index in [1.54, 1.807) is 0 Å². The fourth-order valence-corrected chi connectivity index (χ4v) is 3.03. The molecule has 0 saturated carbocycles. The maximum absolute atomic E-state index is 6.22. The number of aryl methyl sites for hydroxylation is 1. The zero-order chi connectivity index (χ0) is 18.8. The minimum absolute atomic E-state index is 0. The Kier molecular flexibility index (Phi) is 7.61. The summed E-state index contributed by atoms with van der Waals surface area (Å²) < 4.78 is 5.78. The van der Waals surface area contributed by atoms with Crippen LogP contribution in [0.2, 0.25) is 0 Å². The number of nitrogens with one attached hydrogen (secondary N) is 1. The first-order chi connectivity index (χ1) is 13.1. The van der Waals surface area contributed by atoms with E-state index in [1.807, 2.05) is 48.3 Å². The van der Waals surface area contributed by atoms with Crippen molar-refractivity contribution in [3.8, 4) is 0 Å². The molecule has 2 aromatic carbocycles. The van der Waals surface area contributed by atoms with Crippen molar-refractivity contribution in [1.82, 2.24) is 20.2 Å². The molecule has 0 spiro atoms. The Hall–Kier alpha value is -2.61. The van der Waals surface area contributed by atoms with Gasteiger partial charge in [0.15, 0.2) is 0 Å². The monoisotopic (exact) mass is 434 g/mol. The number of nitrogens with two attached hydrogens (primary N) is 1. The maximum Gasteiger partial charge on any atom is 0.318 e. The highest BCUT2D eigenvalue weighted by molar-refractivity contribution is 5.85. The molecule has 29 heavy (non-hydrogen) atoms. The van der Waals surface area contributed by atoms with Crippen molar-refractivity contribution in [3.63, 3.8) is 0 Å². The molecule has 2 heterocycles. The normalized spacial score (nSPS) is 11.6. The number of anilines is 1. The Morgan fingerprint density at radius 2 is 1.86 bits per heavy atom. The average Bonchev–Trinajstić information content (AvgIpc) is 3.29. The fourth-order valence-electron chi connectivity index (χ4n) is 3.03. The van der Waals surface area contributed by atoms with Crippen LogP contribution in [-0.4, -0.2) is 27.2 Å². The fraction of sp³-hybridized carbons (Fsp3) is 0.250. The van der Waals surface area contributed by atoms with Crippen molar-refractivity contribution in [2.45, 2.75) is 25.9 Å². The van der Waals surface area contributed by atoms with Crippen molar-refractivity contribution >= 4 is 41.9 Å². The molecular formula is C20H24Cl2N6O. The van der Waals surface area contributed by atoms with E-state index in [1.165, 1.54) is 5.56 Å². The van der Waals surface area contributed by atoms with E-state index in [0.29, 0.717) is 24.9 Å². The third-order valence-electron chi connectivity index (χ3n) is 4.45. The SMILES string of the molecule is Cc1ccc2nc(CN(C)c3nnc([C@H](N)Cc4ccccc4)o3)[nH]c2c1.Cl.Cl. The molecule has 0 aliphatic heterocycles. The summed E-state index contributed by atoms with van der Waals surface area (Å²) >= 11 is 0. The lowest BCUT2D eigenvalue weighted by Gasteiger charge is -2.12. The number of H-pyrrole nitrogens is 1. The van der Waals surface area contributed by atoms with Gasteiger partial charge < -0.3 is 20.0 Å². The van der Waals surface area contributed by atoms with Crippen LogP contribution < -0.4 is 10.6 Å². The zero-order valence-corrected chi connectivity index (χ0v) is 17.8. The van der Waals surface area contributed by atoms with Gasteiger partial charge in [-0.15, -0.1) is 29.9 Å². The number of hydrogen-bond donors (Lipinski definition) is 2. The molecule has 154 valence electrons. The van der Waals surface area contributed by atoms with E-state index in [2.05, 4.69) is 39.2 Å². The minimum atomic E-state index is -0.337. The van der Waals surface area contributed by atoms with Crippen LogP contribution in [0.1, 0.15) is 28.9 Å². The molecule has 0 unspecified atom stereocenters. The Bertz CT molecular complexity index is 1050. The summed E-state index contributed by atoms with van der Waals surface area (Å²) in [6.07, 6.45) is 0.648. The highest BCUT2D eigenvalue weighted by Gasteiger charge is 2.18. The van der Waals surface area contributed by atoms with Crippen LogP contribution in [0.5, 0.6) is 0 Å². The summed E-state index contributed by atoms with van der Waals surface area (Å²) in [4.78, 5) is 9.79. The lowest BCUT2D eigenvalue weighted by molar-refractivity contribution is 0.446. The molecule has 0 aliphatic carbocycles. The van der Waals surface area contributed by atoms with Gasteiger partial charge in [-0.3, -0.25) is 0 Å². The smallest absolute Gasteiger partial charge is 0.318 e. The van der Waals surface area contributed by atoms with Crippen LogP contribution in [0.15, 0.2) is 52.9 Å². The summed E-state index contributed by atoms with van der Waals surface area (Å²) in [7, 11) is 1.89. The van der Waals surface area contributed by atoms with Crippen molar-refractivity contribution in [2.75, 3.05) is 11.9 Å². The molecule has 0 radical (unpaired) electrons. The molecule has 7 nitrogen and oxygen atoms in total. The topological polar surface area (TPSA) is 96.9 Å². The van der Waals surface area contributed by atoms with Gasteiger partial charge in [0.25, 0.3) is 0 Å². The van der Waals surface area contributed by atoms with Crippen LogP contribution in [0.3, 0.4) is 0 Å². The van der Waals surface area contributed by atoms with Gasteiger partial charge in [0.2, 0.25) is 5.89 Å². The van der Waals surface area contributed by atoms with Gasteiger partial charge in [-0.1, -0.05) is 41.5 Å². The number of aromatic amines is 1. The molecule has 1 atom stereocenters. The third kappa shape index (κ3) is 5.26. The van der Waals surface area contributed by atoms with Crippen LogP contribution in [0, 0.1) is 6.92 Å². The Balaban J connectivity index is 0.00000150. The summed E-state index contributed by atoms with van der Waals surface area (Å²) in [6.45, 7) is 2.59. The number of nitrogens with zero attached hydrogens (tertiary/aromatic N) is 4. The summed E-state index contributed by atoms with van der Waals surface area (Å²) in [5.41, 5.74) is 10.5. The predicted octanol–water partition coefficient (Wildman–Crippen LogP) is 3.98. The third-order valence-corrected chi connectivity index (χ3v) is 4.45. The van der Waals surface area contributed by atoms with Crippen LogP contribution in [-0.2, 0) is 13.0 Å². The van der Waals surface area contributed by atoms with Crippen molar-refractivity contribution in [1.29, 1.82) is 0 Å². The van der Waals surface area contributed by atoms with Gasteiger partial charge >= 0.3 is 6.01 Å². The van der Waals surface area contributed by atoms with E-state index < -0.39 is 0 Å². The molecule has 0 aliphatic rings. The van der Waals surface area contributed by atoms with Gasteiger partial charge in [0.05, 0.1) is 23.6 Å². The number of aromatic nitrogens is 4. The molecule has 3 N–H and O–H groups in total.